The average Bonchev–Trinajstić information content (AvgIpc) is 3.31. The zero-order valence-electron chi connectivity index (χ0n) is 13.7. The highest BCUT2D eigenvalue weighted by atomic mass is 32.2. The van der Waals surface area contributed by atoms with E-state index < -0.39 is 10.0 Å². The zero-order valence-corrected chi connectivity index (χ0v) is 14.5. The van der Waals surface area contributed by atoms with E-state index >= 15 is 0 Å². The first-order chi connectivity index (χ1) is 10.9. The molecule has 2 atom stereocenters. The van der Waals surface area contributed by atoms with Gasteiger partial charge in [-0.15, -0.1) is 0 Å². The molecule has 1 saturated heterocycles. The second-order valence-corrected chi connectivity index (χ2v) is 8.99. The molecule has 0 spiro atoms. The minimum atomic E-state index is -3.46. The molecule has 0 bridgehead atoms. The van der Waals surface area contributed by atoms with Crippen LogP contribution in [0.2, 0.25) is 0 Å². The van der Waals surface area contributed by atoms with Crippen molar-refractivity contribution in [2.24, 2.45) is 17.8 Å². The average molecular weight is 336 g/mol. The summed E-state index contributed by atoms with van der Waals surface area (Å²) >= 11 is 0. The minimum Gasteiger partial charge on any atom is -0.326 e. The third-order valence-corrected chi connectivity index (χ3v) is 6.39. The molecule has 3 rings (SSSR count). The Morgan fingerprint density at radius 2 is 1.65 bits per heavy atom. The van der Waals surface area contributed by atoms with Crippen molar-refractivity contribution in [3.63, 3.8) is 0 Å². The van der Waals surface area contributed by atoms with Crippen LogP contribution in [0.5, 0.6) is 0 Å². The van der Waals surface area contributed by atoms with E-state index in [1.54, 1.807) is 28.6 Å². The third-order valence-electron chi connectivity index (χ3n) is 4.54. The summed E-state index contributed by atoms with van der Waals surface area (Å²) < 4.78 is 27.1. The molecule has 2 fully saturated rings. The largest absolute Gasteiger partial charge is 0.326 e. The third kappa shape index (κ3) is 3.75. The van der Waals surface area contributed by atoms with Crippen LogP contribution >= 0.6 is 0 Å². The Balaban J connectivity index is 1.73. The molecule has 1 N–H and O–H groups in total. The van der Waals surface area contributed by atoms with Gasteiger partial charge in [0, 0.05) is 24.7 Å². The summed E-state index contributed by atoms with van der Waals surface area (Å²) in [5.74, 6) is 0.922. The Hall–Kier alpha value is -1.40. The predicted molar refractivity (Wildman–Crippen MR) is 89.5 cm³/mol. The van der Waals surface area contributed by atoms with Crippen molar-refractivity contribution in [2.45, 2.75) is 38.0 Å². The van der Waals surface area contributed by atoms with Crippen LogP contribution in [0, 0.1) is 17.8 Å². The Bertz CT molecular complexity index is 670. The van der Waals surface area contributed by atoms with Crippen LogP contribution in [-0.2, 0) is 14.8 Å². The van der Waals surface area contributed by atoms with Gasteiger partial charge in [0.25, 0.3) is 0 Å². The molecule has 23 heavy (non-hydrogen) atoms. The Kier molecular flexibility index (Phi) is 4.47. The van der Waals surface area contributed by atoms with E-state index in [4.69, 9.17) is 0 Å². The fourth-order valence-corrected chi connectivity index (χ4v) is 4.93. The van der Waals surface area contributed by atoms with Crippen molar-refractivity contribution in [2.75, 3.05) is 18.4 Å². The summed E-state index contributed by atoms with van der Waals surface area (Å²) in [4.78, 5) is 12.0. The number of carbonyl (C=O) groups excluding carboxylic acids is 1. The summed E-state index contributed by atoms with van der Waals surface area (Å²) in [6.07, 6.45) is 2.96. The van der Waals surface area contributed by atoms with E-state index in [1.807, 2.05) is 0 Å². The molecular formula is C17H24N2O3S. The molecular weight excluding hydrogens is 312 g/mol. The first kappa shape index (κ1) is 16.5. The standard InChI is InChI=1S/C17H24N2O3S/c1-12-9-13(2)11-19(10-12)23(21,22)16-7-5-15(6-8-16)18-17(20)14-3-4-14/h5-8,12-14H,3-4,9-11H2,1-2H3,(H,18,20)/t12-,13-/m0/s1. The highest BCUT2D eigenvalue weighted by molar-refractivity contribution is 7.89. The van der Waals surface area contributed by atoms with Gasteiger partial charge in [-0.25, -0.2) is 8.42 Å². The van der Waals surface area contributed by atoms with E-state index in [0.717, 1.165) is 19.3 Å². The molecule has 1 aromatic carbocycles. The van der Waals surface area contributed by atoms with Gasteiger partial charge in [-0.05, 0) is 55.4 Å². The summed E-state index contributed by atoms with van der Waals surface area (Å²) in [5, 5.41) is 2.83. The number of benzene rings is 1. The lowest BCUT2D eigenvalue weighted by atomic mass is 9.94. The van der Waals surface area contributed by atoms with Crippen LogP contribution in [0.15, 0.2) is 29.2 Å². The van der Waals surface area contributed by atoms with Crippen LogP contribution in [0.4, 0.5) is 5.69 Å². The second-order valence-electron chi connectivity index (χ2n) is 7.06. The number of piperidine rings is 1. The van der Waals surface area contributed by atoms with Gasteiger partial charge in [0.1, 0.15) is 0 Å². The van der Waals surface area contributed by atoms with E-state index in [2.05, 4.69) is 19.2 Å². The molecule has 1 amide bonds. The van der Waals surface area contributed by atoms with Gasteiger partial charge in [0.2, 0.25) is 15.9 Å². The molecule has 1 heterocycles. The molecule has 0 aromatic heterocycles. The highest BCUT2D eigenvalue weighted by Gasteiger charge is 2.32. The summed E-state index contributed by atoms with van der Waals surface area (Å²) in [6.45, 7) is 5.34. The fraction of sp³-hybridized carbons (Fsp3) is 0.588. The van der Waals surface area contributed by atoms with E-state index in [-0.39, 0.29) is 11.8 Å². The van der Waals surface area contributed by atoms with Gasteiger partial charge in [0.05, 0.1) is 4.90 Å². The van der Waals surface area contributed by atoms with Gasteiger partial charge in [-0.3, -0.25) is 4.79 Å². The van der Waals surface area contributed by atoms with Gasteiger partial charge < -0.3 is 5.32 Å². The second kappa shape index (κ2) is 6.24. The van der Waals surface area contributed by atoms with Crippen molar-refractivity contribution in [3.8, 4) is 0 Å². The molecule has 1 aliphatic heterocycles. The van der Waals surface area contributed by atoms with Gasteiger partial charge >= 0.3 is 0 Å². The molecule has 1 aromatic rings. The van der Waals surface area contributed by atoms with Gasteiger partial charge in [0.15, 0.2) is 0 Å². The molecule has 0 radical (unpaired) electrons. The Labute approximate surface area is 138 Å². The molecule has 126 valence electrons. The fourth-order valence-electron chi connectivity index (χ4n) is 3.25. The highest BCUT2D eigenvalue weighted by Crippen LogP contribution is 2.31. The van der Waals surface area contributed by atoms with Crippen LogP contribution in [0.3, 0.4) is 0 Å². The summed E-state index contributed by atoms with van der Waals surface area (Å²) in [6, 6.07) is 6.51. The first-order valence-electron chi connectivity index (χ1n) is 8.27. The van der Waals surface area contributed by atoms with Crippen LogP contribution < -0.4 is 5.32 Å². The van der Waals surface area contributed by atoms with E-state index in [0.29, 0.717) is 35.5 Å². The first-order valence-corrected chi connectivity index (χ1v) is 9.71. The van der Waals surface area contributed by atoms with Crippen LogP contribution in [0.25, 0.3) is 0 Å². The van der Waals surface area contributed by atoms with Crippen molar-refractivity contribution in [3.05, 3.63) is 24.3 Å². The topological polar surface area (TPSA) is 66.5 Å². The maximum atomic E-state index is 12.8. The number of nitrogens with zero attached hydrogens (tertiary/aromatic N) is 1. The minimum absolute atomic E-state index is 0.0271. The number of hydrogen-bond acceptors (Lipinski definition) is 3. The zero-order chi connectivity index (χ0) is 16.6. The Morgan fingerprint density at radius 3 is 2.17 bits per heavy atom. The molecule has 1 aliphatic carbocycles. The van der Waals surface area contributed by atoms with Crippen LogP contribution in [-0.4, -0.2) is 31.7 Å². The lowest BCUT2D eigenvalue weighted by Gasteiger charge is -2.34. The molecule has 2 aliphatic rings. The summed E-state index contributed by atoms with van der Waals surface area (Å²) in [7, 11) is -3.46. The number of sulfonamides is 1. The number of carbonyl (C=O) groups is 1. The van der Waals surface area contributed by atoms with Crippen molar-refractivity contribution < 1.29 is 13.2 Å². The lowest BCUT2D eigenvalue weighted by molar-refractivity contribution is -0.117. The van der Waals surface area contributed by atoms with Crippen LogP contribution in [0.1, 0.15) is 33.1 Å². The van der Waals surface area contributed by atoms with Crippen molar-refractivity contribution in [1.29, 1.82) is 0 Å². The Morgan fingerprint density at radius 1 is 1.09 bits per heavy atom. The maximum Gasteiger partial charge on any atom is 0.243 e. The number of nitrogens with one attached hydrogen (secondary N) is 1. The lowest BCUT2D eigenvalue weighted by Crippen LogP contribution is -2.42. The molecule has 1 saturated carbocycles. The molecule has 0 unspecified atom stereocenters. The maximum absolute atomic E-state index is 12.8. The smallest absolute Gasteiger partial charge is 0.243 e. The number of anilines is 1. The molecule has 5 nitrogen and oxygen atoms in total. The number of rotatable bonds is 4. The monoisotopic (exact) mass is 336 g/mol. The normalized spacial score (nSPS) is 26.0. The molecule has 6 heteroatoms. The number of hydrogen-bond donors (Lipinski definition) is 1. The van der Waals surface area contributed by atoms with E-state index in [9.17, 15) is 13.2 Å². The predicted octanol–water partition coefficient (Wildman–Crippen LogP) is 2.70. The van der Waals surface area contributed by atoms with Gasteiger partial charge in [-0.2, -0.15) is 4.31 Å². The van der Waals surface area contributed by atoms with E-state index in [1.165, 1.54) is 0 Å². The van der Waals surface area contributed by atoms with Gasteiger partial charge in [-0.1, -0.05) is 13.8 Å². The quantitative estimate of drug-likeness (QED) is 0.919. The van der Waals surface area contributed by atoms with Crippen molar-refractivity contribution in [1.82, 2.24) is 4.31 Å². The number of amides is 1. The summed E-state index contributed by atoms with van der Waals surface area (Å²) in [5.41, 5.74) is 0.654. The van der Waals surface area contributed by atoms with Crippen molar-refractivity contribution >= 4 is 21.6 Å². The SMILES string of the molecule is C[C@H]1C[C@H](C)CN(S(=O)(=O)c2ccc(NC(=O)C3CC3)cc2)C1.